The van der Waals surface area contributed by atoms with Crippen molar-refractivity contribution in [1.29, 1.82) is 0 Å². The molecular formula is C11H11N5O4. The zero-order valence-electron chi connectivity index (χ0n) is 10.4. The number of amidine groups is 1. The number of hydrogen-bond donors (Lipinski definition) is 3. The van der Waals surface area contributed by atoms with Crippen molar-refractivity contribution in [2.24, 2.45) is 10.9 Å². The molecule has 0 amide bonds. The number of nitrogens with two attached hydrogens (primary N) is 1. The molecule has 0 aliphatic carbocycles. The number of oxime groups is 1. The zero-order chi connectivity index (χ0) is 14.7. The van der Waals surface area contributed by atoms with E-state index in [2.05, 4.69) is 10.3 Å². The monoisotopic (exact) mass is 277 g/mol. The number of aromatic amines is 1. The number of nitrogens with zero attached hydrogens (tertiary/aromatic N) is 3. The predicted octanol–water partition coefficient (Wildman–Crippen LogP) is -0.976. The molecule has 1 heterocycles. The van der Waals surface area contributed by atoms with Crippen LogP contribution in [0.2, 0.25) is 0 Å². The Kier molecular flexibility index (Phi) is 3.51. The number of methoxy groups -OCH3 is 1. The maximum atomic E-state index is 11.7. The summed E-state index contributed by atoms with van der Waals surface area (Å²) in [5.41, 5.74) is 3.77. The van der Waals surface area contributed by atoms with E-state index in [0.717, 1.165) is 4.68 Å². The predicted molar refractivity (Wildman–Crippen MR) is 69.5 cm³/mol. The van der Waals surface area contributed by atoms with E-state index in [1.807, 2.05) is 4.98 Å². The van der Waals surface area contributed by atoms with Gasteiger partial charge in [-0.3, -0.25) is 9.78 Å². The van der Waals surface area contributed by atoms with Crippen LogP contribution in [0, 0.1) is 0 Å². The summed E-state index contributed by atoms with van der Waals surface area (Å²) >= 11 is 0. The van der Waals surface area contributed by atoms with Crippen molar-refractivity contribution in [2.45, 2.75) is 0 Å². The summed E-state index contributed by atoms with van der Waals surface area (Å²) in [4.78, 5) is 25.3. The normalized spacial score (nSPS) is 11.3. The van der Waals surface area contributed by atoms with Crippen molar-refractivity contribution < 1.29 is 9.94 Å². The average Bonchev–Trinajstić information content (AvgIpc) is 2.47. The molecule has 1 aromatic heterocycles. The number of aromatic nitrogens is 3. The van der Waals surface area contributed by atoms with Crippen LogP contribution in [-0.4, -0.2) is 32.9 Å². The minimum atomic E-state index is -0.838. The van der Waals surface area contributed by atoms with Crippen LogP contribution in [-0.2, 0) is 0 Å². The molecule has 9 heteroatoms. The zero-order valence-corrected chi connectivity index (χ0v) is 10.4. The smallest absolute Gasteiger partial charge is 0.349 e. The Balaban J connectivity index is 2.61. The van der Waals surface area contributed by atoms with Crippen molar-refractivity contribution in [3.8, 4) is 11.4 Å². The number of H-pyrrole nitrogens is 1. The first kappa shape index (κ1) is 13.3. The van der Waals surface area contributed by atoms with E-state index in [1.165, 1.54) is 7.11 Å². The van der Waals surface area contributed by atoms with E-state index in [9.17, 15) is 9.59 Å². The highest BCUT2D eigenvalue weighted by atomic mass is 16.5. The van der Waals surface area contributed by atoms with Gasteiger partial charge in [0.1, 0.15) is 5.75 Å². The van der Waals surface area contributed by atoms with E-state index >= 15 is 0 Å². The van der Waals surface area contributed by atoms with Gasteiger partial charge in [-0.2, -0.15) is 9.78 Å². The molecule has 0 aliphatic rings. The molecule has 20 heavy (non-hydrogen) atoms. The molecule has 2 rings (SSSR count). The lowest BCUT2D eigenvalue weighted by molar-refractivity contribution is 0.318. The second kappa shape index (κ2) is 5.26. The van der Waals surface area contributed by atoms with E-state index < -0.39 is 17.1 Å². The maximum absolute atomic E-state index is 11.7. The summed E-state index contributed by atoms with van der Waals surface area (Å²) in [6.07, 6.45) is 0. The summed E-state index contributed by atoms with van der Waals surface area (Å²) in [6, 6.07) is 6.39. The summed E-state index contributed by atoms with van der Waals surface area (Å²) in [5.74, 6) is 0.108. The molecule has 0 radical (unpaired) electrons. The Morgan fingerprint density at radius 1 is 1.40 bits per heavy atom. The molecule has 0 aliphatic heterocycles. The van der Waals surface area contributed by atoms with Gasteiger partial charge in [-0.1, -0.05) is 5.16 Å². The molecule has 4 N–H and O–H groups in total. The SMILES string of the molecule is COc1ccc(-n2nc(C(N)=NO)c(=O)[nH]c2=O)cc1. The van der Waals surface area contributed by atoms with Crippen LogP contribution in [0.1, 0.15) is 5.69 Å². The van der Waals surface area contributed by atoms with Gasteiger partial charge in [0.05, 0.1) is 12.8 Å². The molecule has 0 atom stereocenters. The van der Waals surface area contributed by atoms with Crippen LogP contribution in [0.25, 0.3) is 5.69 Å². The van der Waals surface area contributed by atoms with Gasteiger partial charge in [-0.05, 0) is 24.3 Å². The molecule has 0 unspecified atom stereocenters. The lowest BCUT2D eigenvalue weighted by Gasteiger charge is -2.06. The first-order chi connectivity index (χ1) is 9.56. The third-order valence-corrected chi connectivity index (χ3v) is 2.50. The van der Waals surface area contributed by atoms with Gasteiger partial charge in [0.15, 0.2) is 11.5 Å². The van der Waals surface area contributed by atoms with Crippen molar-refractivity contribution in [3.05, 3.63) is 50.8 Å². The lowest BCUT2D eigenvalue weighted by Crippen LogP contribution is -2.37. The van der Waals surface area contributed by atoms with Gasteiger partial charge in [-0.15, -0.1) is 0 Å². The number of hydrogen-bond acceptors (Lipinski definition) is 6. The average molecular weight is 277 g/mol. The molecule has 2 aromatic rings. The Morgan fingerprint density at radius 3 is 2.60 bits per heavy atom. The molecule has 9 nitrogen and oxygen atoms in total. The van der Waals surface area contributed by atoms with Crippen LogP contribution < -0.4 is 21.7 Å². The van der Waals surface area contributed by atoms with Gasteiger partial charge in [0.2, 0.25) is 0 Å². The third kappa shape index (κ3) is 2.36. The van der Waals surface area contributed by atoms with Crippen LogP contribution in [0.3, 0.4) is 0 Å². The summed E-state index contributed by atoms with van der Waals surface area (Å²) < 4.78 is 5.92. The maximum Gasteiger partial charge on any atom is 0.349 e. The Bertz CT molecular complexity index is 760. The molecular weight excluding hydrogens is 266 g/mol. The van der Waals surface area contributed by atoms with Crippen molar-refractivity contribution in [1.82, 2.24) is 14.8 Å². The molecule has 1 aromatic carbocycles. The quantitative estimate of drug-likeness (QED) is 0.285. The minimum Gasteiger partial charge on any atom is -0.497 e. The Hall–Kier alpha value is -3.10. The van der Waals surface area contributed by atoms with E-state index in [1.54, 1.807) is 24.3 Å². The van der Waals surface area contributed by atoms with Crippen LogP contribution in [0.4, 0.5) is 0 Å². The van der Waals surface area contributed by atoms with Gasteiger partial charge in [-0.25, -0.2) is 4.79 Å². The summed E-state index contributed by atoms with van der Waals surface area (Å²) in [5, 5.41) is 15.0. The fourth-order valence-electron chi connectivity index (χ4n) is 1.51. The first-order valence-corrected chi connectivity index (χ1v) is 5.43. The second-order valence-corrected chi connectivity index (χ2v) is 3.70. The Labute approximate surface area is 111 Å². The largest absolute Gasteiger partial charge is 0.497 e. The van der Waals surface area contributed by atoms with E-state index in [0.29, 0.717) is 11.4 Å². The van der Waals surface area contributed by atoms with E-state index in [4.69, 9.17) is 15.7 Å². The number of rotatable bonds is 3. The van der Waals surface area contributed by atoms with Crippen LogP contribution in [0.15, 0.2) is 39.0 Å². The van der Waals surface area contributed by atoms with Gasteiger partial charge in [0, 0.05) is 0 Å². The van der Waals surface area contributed by atoms with Gasteiger partial charge >= 0.3 is 5.69 Å². The van der Waals surface area contributed by atoms with Gasteiger partial charge in [0.25, 0.3) is 5.56 Å². The molecule has 0 fully saturated rings. The van der Waals surface area contributed by atoms with E-state index in [-0.39, 0.29) is 5.69 Å². The Morgan fingerprint density at radius 2 is 2.05 bits per heavy atom. The number of benzene rings is 1. The standard InChI is InChI=1S/C11H11N5O4/c1-20-7-4-2-6(3-5-7)16-11(18)13-10(17)8(14-16)9(12)15-19/h2-5,19H,1H3,(H2,12,15)(H,13,17,18). The fraction of sp³-hybridized carbons (Fsp3) is 0.0909. The summed E-state index contributed by atoms with van der Waals surface area (Å²) in [7, 11) is 1.51. The highest BCUT2D eigenvalue weighted by Crippen LogP contribution is 2.12. The molecule has 104 valence electrons. The molecule has 0 spiro atoms. The highest BCUT2D eigenvalue weighted by molar-refractivity contribution is 5.94. The molecule has 0 saturated heterocycles. The third-order valence-electron chi connectivity index (χ3n) is 2.50. The number of nitrogens with one attached hydrogen (secondary N) is 1. The number of ether oxygens (including phenoxy) is 1. The fourth-order valence-corrected chi connectivity index (χ4v) is 1.51. The van der Waals surface area contributed by atoms with Crippen LogP contribution in [0.5, 0.6) is 5.75 Å². The van der Waals surface area contributed by atoms with Crippen LogP contribution >= 0.6 is 0 Å². The summed E-state index contributed by atoms with van der Waals surface area (Å²) in [6.45, 7) is 0. The topological polar surface area (TPSA) is 136 Å². The lowest BCUT2D eigenvalue weighted by atomic mass is 10.3. The molecule has 0 bridgehead atoms. The molecule has 0 saturated carbocycles. The van der Waals surface area contributed by atoms with Crippen molar-refractivity contribution >= 4 is 5.84 Å². The highest BCUT2D eigenvalue weighted by Gasteiger charge is 2.12. The van der Waals surface area contributed by atoms with Crippen molar-refractivity contribution in [3.63, 3.8) is 0 Å². The van der Waals surface area contributed by atoms with Crippen molar-refractivity contribution in [2.75, 3.05) is 7.11 Å². The minimum absolute atomic E-state index is 0.358. The second-order valence-electron chi connectivity index (χ2n) is 3.70. The first-order valence-electron chi connectivity index (χ1n) is 5.43. The van der Waals surface area contributed by atoms with Gasteiger partial charge < -0.3 is 15.7 Å².